The van der Waals surface area contributed by atoms with Gasteiger partial charge in [0, 0.05) is 22.9 Å². The van der Waals surface area contributed by atoms with Crippen molar-refractivity contribution in [2.45, 2.75) is 18.2 Å². The van der Waals surface area contributed by atoms with E-state index in [0.717, 1.165) is 22.6 Å². The van der Waals surface area contributed by atoms with E-state index in [1.54, 1.807) is 23.9 Å². The van der Waals surface area contributed by atoms with Crippen molar-refractivity contribution in [3.63, 3.8) is 0 Å². The second-order valence-corrected chi connectivity index (χ2v) is 4.70. The average Bonchev–Trinajstić information content (AvgIpc) is 2.17. The van der Waals surface area contributed by atoms with E-state index in [9.17, 15) is 10.1 Å². The van der Waals surface area contributed by atoms with Crippen molar-refractivity contribution >= 4 is 29.1 Å². The van der Waals surface area contributed by atoms with Gasteiger partial charge < -0.3 is 0 Å². The number of thioether (sulfide) groups is 1. The molecule has 0 fully saturated rings. The number of rotatable bonds is 5. The maximum absolute atomic E-state index is 10.6. The largest absolute Gasteiger partial charge is 0.270 e. The molecule has 0 bridgehead atoms. The van der Waals surface area contributed by atoms with Gasteiger partial charge in [0.15, 0.2) is 0 Å². The van der Waals surface area contributed by atoms with Crippen LogP contribution in [0.15, 0.2) is 23.1 Å². The van der Waals surface area contributed by atoms with Crippen LogP contribution in [0.2, 0.25) is 0 Å². The smallest absolute Gasteiger partial charge is 0.258 e. The average molecular weight is 246 g/mol. The summed E-state index contributed by atoms with van der Waals surface area (Å²) in [6.45, 7) is 1.86. The fourth-order valence-electron chi connectivity index (χ4n) is 1.16. The number of nitro groups is 1. The van der Waals surface area contributed by atoms with E-state index in [2.05, 4.69) is 0 Å². The van der Waals surface area contributed by atoms with Crippen molar-refractivity contribution < 1.29 is 4.92 Å². The zero-order chi connectivity index (χ0) is 11.3. The maximum Gasteiger partial charge on any atom is 0.270 e. The topological polar surface area (TPSA) is 43.1 Å². The van der Waals surface area contributed by atoms with Crippen LogP contribution in [0.1, 0.15) is 12.0 Å². The summed E-state index contributed by atoms with van der Waals surface area (Å²) in [7, 11) is 0. The zero-order valence-corrected chi connectivity index (χ0v) is 9.98. The van der Waals surface area contributed by atoms with Crippen molar-refractivity contribution in [2.75, 3.05) is 11.6 Å². The quantitative estimate of drug-likeness (QED) is 0.262. The highest BCUT2D eigenvalue weighted by Crippen LogP contribution is 2.25. The summed E-state index contributed by atoms with van der Waals surface area (Å²) in [6.07, 6.45) is 0.911. The molecule has 0 unspecified atom stereocenters. The summed E-state index contributed by atoms with van der Waals surface area (Å²) in [5.41, 5.74) is 1.07. The maximum atomic E-state index is 10.6. The molecular formula is C10H12ClNO2S. The number of hydrogen-bond acceptors (Lipinski definition) is 3. The highest BCUT2D eigenvalue weighted by atomic mass is 35.5. The molecule has 0 atom stereocenters. The van der Waals surface area contributed by atoms with Crippen molar-refractivity contribution in [3.8, 4) is 0 Å². The summed E-state index contributed by atoms with van der Waals surface area (Å²) in [6, 6.07) is 5.13. The predicted molar refractivity (Wildman–Crippen MR) is 63.9 cm³/mol. The Morgan fingerprint density at radius 2 is 2.20 bits per heavy atom. The van der Waals surface area contributed by atoms with E-state index >= 15 is 0 Å². The zero-order valence-electron chi connectivity index (χ0n) is 8.40. The molecule has 5 heteroatoms. The predicted octanol–water partition coefficient (Wildman–Crippen LogP) is 3.62. The molecule has 0 aromatic heterocycles. The van der Waals surface area contributed by atoms with Crippen molar-refractivity contribution in [2.24, 2.45) is 0 Å². The third-order valence-corrected chi connectivity index (χ3v) is 3.12. The van der Waals surface area contributed by atoms with Crippen LogP contribution in [0.4, 0.5) is 5.69 Å². The number of benzene rings is 1. The summed E-state index contributed by atoms with van der Waals surface area (Å²) >= 11 is 7.16. The molecule has 0 amide bonds. The lowest BCUT2D eigenvalue weighted by Gasteiger charge is -2.02. The summed E-state index contributed by atoms with van der Waals surface area (Å²) in [5.74, 6) is 1.52. The van der Waals surface area contributed by atoms with Crippen LogP contribution in [0, 0.1) is 17.0 Å². The first-order valence-corrected chi connectivity index (χ1v) is 6.10. The van der Waals surface area contributed by atoms with E-state index < -0.39 is 0 Å². The van der Waals surface area contributed by atoms with Crippen LogP contribution in [-0.4, -0.2) is 16.6 Å². The standard InChI is InChI=1S/C10H12ClNO2S/c1-8-5-9(12(13)14)7-10(6-8)15-4-2-3-11/h5-7H,2-4H2,1H3. The van der Waals surface area contributed by atoms with Gasteiger partial charge in [0.1, 0.15) is 0 Å². The highest BCUT2D eigenvalue weighted by Gasteiger charge is 2.07. The summed E-state index contributed by atoms with van der Waals surface area (Å²) in [4.78, 5) is 11.2. The lowest BCUT2D eigenvalue weighted by molar-refractivity contribution is -0.385. The molecular weight excluding hydrogens is 234 g/mol. The molecule has 15 heavy (non-hydrogen) atoms. The minimum Gasteiger partial charge on any atom is -0.258 e. The Morgan fingerprint density at radius 1 is 1.47 bits per heavy atom. The first-order valence-electron chi connectivity index (χ1n) is 4.58. The Hall–Kier alpha value is -0.740. The van der Waals surface area contributed by atoms with Gasteiger partial charge in [-0.1, -0.05) is 0 Å². The van der Waals surface area contributed by atoms with Gasteiger partial charge in [0.25, 0.3) is 5.69 Å². The van der Waals surface area contributed by atoms with E-state index in [1.165, 1.54) is 0 Å². The normalized spacial score (nSPS) is 10.3. The van der Waals surface area contributed by atoms with Crippen LogP contribution in [0.3, 0.4) is 0 Å². The van der Waals surface area contributed by atoms with Crippen LogP contribution < -0.4 is 0 Å². The van der Waals surface area contributed by atoms with Gasteiger partial charge in [-0.05, 0) is 30.7 Å². The second-order valence-electron chi connectivity index (χ2n) is 3.15. The van der Waals surface area contributed by atoms with Crippen LogP contribution in [0.5, 0.6) is 0 Å². The van der Waals surface area contributed by atoms with Gasteiger partial charge in [-0.15, -0.1) is 23.4 Å². The van der Waals surface area contributed by atoms with Crippen molar-refractivity contribution in [1.29, 1.82) is 0 Å². The SMILES string of the molecule is Cc1cc(SCCCCl)cc([N+](=O)[O-])c1. The molecule has 0 saturated heterocycles. The van der Waals surface area contributed by atoms with Crippen LogP contribution in [0.25, 0.3) is 0 Å². The molecule has 0 aliphatic heterocycles. The van der Waals surface area contributed by atoms with Gasteiger partial charge in [-0.3, -0.25) is 10.1 Å². The number of nitro benzene ring substituents is 1. The van der Waals surface area contributed by atoms with Gasteiger partial charge in [0.05, 0.1) is 4.92 Å². The van der Waals surface area contributed by atoms with Crippen molar-refractivity contribution in [1.82, 2.24) is 0 Å². The fourth-order valence-corrected chi connectivity index (χ4v) is 2.45. The fraction of sp³-hybridized carbons (Fsp3) is 0.400. The minimum absolute atomic E-state index is 0.156. The monoisotopic (exact) mass is 245 g/mol. The molecule has 0 heterocycles. The van der Waals surface area contributed by atoms with E-state index in [-0.39, 0.29) is 10.6 Å². The minimum atomic E-state index is -0.362. The van der Waals surface area contributed by atoms with E-state index in [4.69, 9.17) is 11.6 Å². The van der Waals surface area contributed by atoms with Gasteiger partial charge in [-0.25, -0.2) is 0 Å². The molecule has 3 nitrogen and oxygen atoms in total. The molecule has 1 rings (SSSR count). The number of nitrogens with zero attached hydrogens (tertiary/aromatic N) is 1. The molecule has 0 aliphatic carbocycles. The lowest BCUT2D eigenvalue weighted by atomic mass is 10.2. The Balaban J connectivity index is 2.75. The summed E-state index contributed by atoms with van der Waals surface area (Å²) in [5, 5.41) is 10.6. The molecule has 1 aromatic rings. The number of halogens is 1. The number of non-ortho nitro benzene ring substituents is 1. The van der Waals surface area contributed by atoms with E-state index in [1.807, 2.05) is 13.0 Å². The molecule has 1 aromatic carbocycles. The van der Waals surface area contributed by atoms with Crippen LogP contribution >= 0.6 is 23.4 Å². The second kappa shape index (κ2) is 5.98. The first kappa shape index (κ1) is 12.3. The number of alkyl halides is 1. The Kier molecular flexibility index (Phi) is 4.91. The third-order valence-electron chi connectivity index (χ3n) is 1.79. The molecule has 0 spiro atoms. The van der Waals surface area contributed by atoms with E-state index in [0.29, 0.717) is 5.88 Å². The highest BCUT2D eigenvalue weighted by molar-refractivity contribution is 7.99. The first-order chi connectivity index (χ1) is 7.13. The molecule has 82 valence electrons. The number of aryl methyl sites for hydroxylation is 1. The third kappa shape index (κ3) is 4.10. The Morgan fingerprint density at radius 3 is 2.80 bits per heavy atom. The van der Waals surface area contributed by atoms with Crippen LogP contribution in [-0.2, 0) is 0 Å². The Bertz CT molecular complexity index is 357. The molecule has 0 radical (unpaired) electrons. The van der Waals surface area contributed by atoms with Gasteiger partial charge in [-0.2, -0.15) is 0 Å². The molecule has 0 saturated carbocycles. The van der Waals surface area contributed by atoms with Gasteiger partial charge >= 0.3 is 0 Å². The van der Waals surface area contributed by atoms with Gasteiger partial charge in [0.2, 0.25) is 0 Å². The molecule has 0 aliphatic rings. The molecule has 0 N–H and O–H groups in total. The Labute approximate surface area is 98.0 Å². The lowest BCUT2D eigenvalue weighted by Crippen LogP contribution is -1.90. The number of hydrogen-bond donors (Lipinski definition) is 0. The van der Waals surface area contributed by atoms with Crippen molar-refractivity contribution in [3.05, 3.63) is 33.9 Å². The summed E-state index contributed by atoms with van der Waals surface area (Å²) < 4.78 is 0.